The van der Waals surface area contributed by atoms with Crippen LogP contribution in [-0.4, -0.2) is 10.9 Å². The van der Waals surface area contributed by atoms with Crippen LogP contribution in [0.1, 0.15) is 53.2 Å². The fraction of sp³-hybridized carbons (Fsp3) is 0.462. The van der Waals surface area contributed by atoms with E-state index in [1.165, 1.54) is 4.57 Å². The van der Waals surface area contributed by atoms with Gasteiger partial charge in [0.1, 0.15) is 16.8 Å². The number of halogens is 1. The number of rotatable bonds is 2. The zero-order valence-corrected chi connectivity index (χ0v) is 10.8. The lowest BCUT2D eigenvalue weighted by atomic mass is 10.1. The Morgan fingerprint density at radius 3 is 2.56 bits per heavy atom. The monoisotopic (exact) mass is 264 g/mol. The van der Waals surface area contributed by atoms with E-state index in [1.807, 2.05) is 6.07 Å². The van der Waals surface area contributed by atoms with Crippen molar-refractivity contribution in [2.45, 2.75) is 38.6 Å². The normalized spacial score (nSPS) is 15.6. The summed E-state index contributed by atoms with van der Waals surface area (Å²) in [6, 6.07) is 1.89. The predicted octanol–water partition coefficient (Wildman–Crippen LogP) is 2.61. The second kappa shape index (κ2) is 4.95. The van der Waals surface area contributed by atoms with Crippen LogP contribution in [0.3, 0.4) is 0 Å². The van der Waals surface area contributed by atoms with Gasteiger partial charge in [-0.05, 0) is 25.3 Å². The molecule has 0 spiro atoms. The topological polar surface area (TPSA) is 62.9 Å². The molecule has 0 N–H and O–H groups in total. The van der Waals surface area contributed by atoms with Crippen molar-refractivity contribution in [2.24, 2.45) is 0 Å². The number of carbonyl (C=O) groups is 1. The van der Waals surface area contributed by atoms with Crippen LogP contribution < -0.4 is 5.56 Å². The molecule has 0 radical (unpaired) electrons. The molecule has 0 bridgehead atoms. The molecule has 0 amide bonds. The van der Waals surface area contributed by atoms with E-state index in [1.54, 1.807) is 6.92 Å². The molecular weight excluding hydrogens is 252 g/mol. The number of aldehydes is 1. The van der Waals surface area contributed by atoms with Gasteiger partial charge in [0.25, 0.3) is 5.56 Å². The smallest absolute Gasteiger partial charge is 0.270 e. The molecule has 1 aliphatic carbocycles. The van der Waals surface area contributed by atoms with E-state index in [-0.39, 0.29) is 27.9 Å². The van der Waals surface area contributed by atoms with Gasteiger partial charge in [0, 0.05) is 6.04 Å². The number of hydrogen-bond acceptors (Lipinski definition) is 3. The van der Waals surface area contributed by atoms with Gasteiger partial charge >= 0.3 is 0 Å². The number of hydrogen-bond donors (Lipinski definition) is 0. The number of pyridine rings is 1. The Morgan fingerprint density at radius 1 is 1.44 bits per heavy atom. The first-order chi connectivity index (χ1) is 8.61. The highest BCUT2D eigenvalue weighted by Gasteiger charge is 2.25. The van der Waals surface area contributed by atoms with E-state index in [4.69, 9.17) is 16.9 Å². The van der Waals surface area contributed by atoms with Crippen LogP contribution >= 0.6 is 11.6 Å². The standard InChI is InChI=1S/C13H13ClN2O2/c1-8-10(6-15)13(18)16(9-4-2-3-5-9)12(14)11(8)7-17/h7,9H,2-5H2,1H3. The van der Waals surface area contributed by atoms with Crippen molar-refractivity contribution in [3.63, 3.8) is 0 Å². The first kappa shape index (κ1) is 12.8. The van der Waals surface area contributed by atoms with Crippen molar-refractivity contribution in [1.82, 2.24) is 4.57 Å². The van der Waals surface area contributed by atoms with Crippen LogP contribution in [0.5, 0.6) is 0 Å². The van der Waals surface area contributed by atoms with Crippen LogP contribution in [0.4, 0.5) is 0 Å². The molecule has 1 aromatic heterocycles. The molecule has 1 aromatic rings. The molecule has 1 aliphatic rings. The summed E-state index contributed by atoms with van der Waals surface area (Å²) in [6.45, 7) is 1.58. The van der Waals surface area contributed by atoms with Crippen molar-refractivity contribution in [3.8, 4) is 6.07 Å². The lowest BCUT2D eigenvalue weighted by molar-refractivity contribution is 0.112. The quantitative estimate of drug-likeness (QED) is 0.609. The summed E-state index contributed by atoms with van der Waals surface area (Å²) >= 11 is 6.15. The highest BCUT2D eigenvalue weighted by molar-refractivity contribution is 6.32. The summed E-state index contributed by atoms with van der Waals surface area (Å²) < 4.78 is 1.42. The highest BCUT2D eigenvalue weighted by atomic mass is 35.5. The fourth-order valence-electron chi connectivity index (χ4n) is 2.55. The molecule has 0 aromatic carbocycles. The SMILES string of the molecule is Cc1c(C=O)c(Cl)n(C2CCCC2)c(=O)c1C#N. The Bertz CT molecular complexity index is 592. The third kappa shape index (κ3) is 1.85. The molecule has 5 heteroatoms. The first-order valence-electron chi connectivity index (χ1n) is 5.91. The summed E-state index contributed by atoms with van der Waals surface area (Å²) in [5.74, 6) is 0. The van der Waals surface area contributed by atoms with Gasteiger partial charge in [0.05, 0.1) is 5.56 Å². The van der Waals surface area contributed by atoms with Gasteiger partial charge in [-0.1, -0.05) is 24.4 Å². The van der Waals surface area contributed by atoms with Gasteiger partial charge < -0.3 is 0 Å². The van der Waals surface area contributed by atoms with E-state index in [0.717, 1.165) is 25.7 Å². The number of nitriles is 1. The molecule has 1 fully saturated rings. The molecular formula is C13H13ClN2O2. The fourth-order valence-corrected chi connectivity index (χ4v) is 2.95. The number of carbonyl (C=O) groups excluding carboxylic acids is 1. The molecule has 18 heavy (non-hydrogen) atoms. The van der Waals surface area contributed by atoms with E-state index in [2.05, 4.69) is 0 Å². The number of aromatic nitrogens is 1. The van der Waals surface area contributed by atoms with Crippen molar-refractivity contribution >= 4 is 17.9 Å². The molecule has 1 heterocycles. The van der Waals surface area contributed by atoms with Gasteiger partial charge in [0.15, 0.2) is 6.29 Å². The minimum absolute atomic E-state index is 0.0106. The lowest BCUT2D eigenvalue weighted by Gasteiger charge is -2.18. The minimum Gasteiger partial charge on any atom is -0.298 e. The Morgan fingerprint density at radius 2 is 2.06 bits per heavy atom. The molecule has 4 nitrogen and oxygen atoms in total. The summed E-state index contributed by atoms with van der Waals surface area (Å²) in [4.78, 5) is 23.3. The Labute approximate surface area is 110 Å². The van der Waals surface area contributed by atoms with Gasteiger partial charge in [-0.15, -0.1) is 0 Å². The van der Waals surface area contributed by atoms with Gasteiger partial charge in [0.2, 0.25) is 0 Å². The Kier molecular flexibility index (Phi) is 3.53. The maximum atomic E-state index is 12.2. The zero-order valence-electron chi connectivity index (χ0n) is 10.1. The van der Waals surface area contributed by atoms with Crippen LogP contribution in [0.2, 0.25) is 5.15 Å². The summed E-state index contributed by atoms with van der Waals surface area (Å²) in [5.41, 5.74) is 0.266. The number of nitrogens with zero attached hydrogens (tertiary/aromatic N) is 2. The first-order valence-corrected chi connectivity index (χ1v) is 6.29. The van der Waals surface area contributed by atoms with Crippen molar-refractivity contribution in [2.75, 3.05) is 0 Å². The largest absolute Gasteiger partial charge is 0.298 e. The highest BCUT2D eigenvalue weighted by Crippen LogP contribution is 2.32. The lowest BCUT2D eigenvalue weighted by Crippen LogP contribution is -2.28. The third-order valence-corrected chi connectivity index (χ3v) is 3.95. The van der Waals surface area contributed by atoms with Crippen molar-refractivity contribution in [3.05, 3.63) is 32.2 Å². The molecule has 1 saturated carbocycles. The maximum absolute atomic E-state index is 12.2. The van der Waals surface area contributed by atoms with Gasteiger partial charge in [-0.25, -0.2) is 0 Å². The van der Waals surface area contributed by atoms with Crippen LogP contribution in [0, 0.1) is 18.3 Å². The second-order valence-electron chi connectivity index (χ2n) is 4.55. The van der Waals surface area contributed by atoms with E-state index in [9.17, 15) is 9.59 Å². The summed E-state index contributed by atoms with van der Waals surface area (Å²) in [7, 11) is 0. The molecule has 94 valence electrons. The average Bonchev–Trinajstić information content (AvgIpc) is 2.83. The second-order valence-corrected chi connectivity index (χ2v) is 4.91. The van der Waals surface area contributed by atoms with E-state index >= 15 is 0 Å². The van der Waals surface area contributed by atoms with E-state index in [0.29, 0.717) is 11.8 Å². The van der Waals surface area contributed by atoms with Crippen LogP contribution in [0.15, 0.2) is 4.79 Å². The molecule has 0 unspecified atom stereocenters. The average molecular weight is 265 g/mol. The molecule has 2 rings (SSSR count). The summed E-state index contributed by atoms with van der Waals surface area (Å²) in [6.07, 6.45) is 4.43. The van der Waals surface area contributed by atoms with Crippen LogP contribution in [-0.2, 0) is 0 Å². The molecule has 0 atom stereocenters. The zero-order chi connectivity index (χ0) is 13.3. The van der Waals surface area contributed by atoms with Crippen LogP contribution in [0.25, 0.3) is 0 Å². The van der Waals surface area contributed by atoms with Crippen molar-refractivity contribution < 1.29 is 4.79 Å². The Hall–Kier alpha value is -1.60. The molecule has 0 saturated heterocycles. The van der Waals surface area contributed by atoms with Gasteiger partial charge in [-0.2, -0.15) is 5.26 Å². The maximum Gasteiger partial charge on any atom is 0.270 e. The minimum atomic E-state index is -0.377. The van der Waals surface area contributed by atoms with E-state index < -0.39 is 0 Å². The molecule has 0 aliphatic heterocycles. The Balaban J connectivity index is 2.76. The van der Waals surface area contributed by atoms with Crippen molar-refractivity contribution in [1.29, 1.82) is 5.26 Å². The summed E-state index contributed by atoms with van der Waals surface area (Å²) in [5, 5.41) is 9.22. The predicted molar refractivity (Wildman–Crippen MR) is 68.1 cm³/mol. The van der Waals surface area contributed by atoms with Gasteiger partial charge in [-0.3, -0.25) is 14.2 Å². The third-order valence-electron chi connectivity index (χ3n) is 3.56.